The van der Waals surface area contributed by atoms with Crippen LogP contribution >= 0.6 is 0 Å². The molecule has 1 aromatic carbocycles. The molecule has 1 aromatic heterocycles. The SMILES string of the molecule is CC1CC1c1ccc(CN(C(=O)NCCOc2ccccc2)C2CC2)o1. The highest BCUT2D eigenvalue weighted by Crippen LogP contribution is 2.47. The monoisotopic (exact) mass is 354 g/mol. The zero-order valence-electron chi connectivity index (χ0n) is 15.2. The van der Waals surface area contributed by atoms with Crippen molar-refractivity contribution in [1.29, 1.82) is 0 Å². The average molecular weight is 354 g/mol. The normalized spacial score (nSPS) is 21.3. The van der Waals surface area contributed by atoms with Gasteiger partial charge in [-0.25, -0.2) is 4.79 Å². The first-order valence-corrected chi connectivity index (χ1v) is 9.51. The lowest BCUT2D eigenvalue weighted by atomic mass is 10.3. The van der Waals surface area contributed by atoms with Gasteiger partial charge in [-0.1, -0.05) is 25.1 Å². The summed E-state index contributed by atoms with van der Waals surface area (Å²) in [6.07, 6.45) is 3.35. The van der Waals surface area contributed by atoms with Gasteiger partial charge in [0.05, 0.1) is 13.1 Å². The number of furan rings is 1. The maximum Gasteiger partial charge on any atom is 0.318 e. The van der Waals surface area contributed by atoms with Gasteiger partial charge in [0.1, 0.15) is 23.9 Å². The van der Waals surface area contributed by atoms with Crippen LogP contribution in [-0.2, 0) is 6.54 Å². The van der Waals surface area contributed by atoms with Crippen LogP contribution in [0.4, 0.5) is 4.79 Å². The first kappa shape index (κ1) is 17.0. The Labute approximate surface area is 154 Å². The number of carbonyl (C=O) groups is 1. The van der Waals surface area contributed by atoms with Crippen molar-refractivity contribution < 1.29 is 13.9 Å². The van der Waals surface area contributed by atoms with E-state index in [9.17, 15) is 4.79 Å². The van der Waals surface area contributed by atoms with Gasteiger partial charge in [0.25, 0.3) is 0 Å². The summed E-state index contributed by atoms with van der Waals surface area (Å²) in [5.41, 5.74) is 0. The Morgan fingerprint density at radius 3 is 2.69 bits per heavy atom. The maximum absolute atomic E-state index is 12.6. The van der Waals surface area contributed by atoms with Gasteiger partial charge in [-0.05, 0) is 49.4 Å². The fourth-order valence-electron chi connectivity index (χ4n) is 3.26. The average Bonchev–Trinajstić information content (AvgIpc) is 3.57. The Hall–Kier alpha value is -2.43. The molecule has 1 N–H and O–H groups in total. The van der Waals surface area contributed by atoms with E-state index >= 15 is 0 Å². The highest BCUT2D eigenvalue weighted by Gasteiger charge is 2.37. The van der Waals surface area contributed by atoms with Crippen LogP contribution < -0.4 is 10.1 Å². The van der Waals surface area contributed by atoms with Gasteiger partial charge in [0.15, 0.2) is 0 Å². The van der Waals surface area contributed by atoms with Crippen LogP contribution in [0, 0.1) is 5.92 Å². The number of hydrogen-bond donors (Lipinski definition) is 1. The van der Waals surface area contributed by atoms with Crippen LogP contribution in [0.25, 0.3) is 0 Å². The van der Waals surface area contributed by atoms with Gasteiger partial charge in [-0.2, -0.15) is 0 Å². The molecule has 2 aromatic rings. The van der Waals surface area contributed by atoms with Gasteiger partial charge < -0.3 is 19.4 Å². The molecular weight excluding hydrogens is 328 g/mol. The number of nitrogens with one attached hydrogen (secondary N) is 1. The molecule has 2 amide bonds. The van der Waals surface area contributed by atoms with E-state index in [1.165, 1.54) is 6.42 Å². The number of rotatable bonds is 8. The standard InChI is InChI=1S/C21H26N2O3/c1-15-13-19(15)20-10-9-18(26-20)14-23(16-7-8-16)21(24)22-11-12-25-17-5-3-2-4-6-17/h2-6,9-10,15-16,19H,7-8,11-14H2,1H3,(H,22,24). The molecule has 4 rings (SSSR count). The van der Waals surface area contributed by atoms with Crippen LogP contribution in [0.3, 0.4) is 0 Å². The molecule has 5 heteroatoms. The lowest BCUT2D eigenvalue weighted by Gasteiger charge is -2.22. The first-order valence-electron chi connectivity index (χ1n) is 9.51. The molecule has 0 saturated heterocycles. The third kappa shape index (κ3) is 4.21. The van der Waals surface area contributed by atoms with Crippen LogP contribution in [0.1, 0.15) is 43.6 Å². The fraction of sp³-hybridized carbons (Fsp3) is 0.476. The van der Waals surface area contributed by atoms with Gasteiger partial charge in [0, 0.05) is 12.0 Å². The minimum absolute atomic E-state index is 0.0399. The second-order valence-corrected chi connectivity index (χ2v) is 7.38. The predicted molar refractivity (Wildman–Crippen MR) is 99.1 cm³/mol. The van der Waals surface area contributed by atoms with Crippen LogP contribution in [0.2, 0.25) is 0 Å². The van der Waals surface area contributed by atoms with E-state index in [2.05, 4.69) is 18.3 Å². The minimum atomic E-state index is -0.0399. The topological polar surface area (TPSA) is 54.7 Å². The van der Waals surface area contributed by atoms with Gasteiger partial charge in [0.2, 0.25) is 0 Å². The molecule has 1 heterocycles. The number of benzene rings is 1. The summed E-state index contributed by atoms with van der Waals surface area (Å²) in [5, 5.41) is 2.96. The van der Waals surface area contributed by atoms with Crippen LogP contribution in [0.5, 0.6) is 5.75 Å². The predicted octanol–water partition coefficient (Wildman–Crippen LogP) is 4.16. The number of amides is 2. The molecule has 0 spiro atoms. The van der Waals surface area contributed by atoms with Crippen molar-refractivity contribution in [2.45, 2.75) is 44.7 Å². The molecule has 2 aliphatic carbocycles. The second-order valence-electron chi connectivity index (χ2n) is 7.38. The summed E-state index contributed by atoms with van der Waals surface area (Å²) in [5.74, 6) is 4.06. The summed E-state index contributed by atoms with van der Waals surface area (Å²) in [6.45, 7) is 3.73. The summed E-state index contributed by atoms with van der Waals surface area (Å²) < 4.78 is 11.6. The minimum Gasteiger partial charge on any atom is -0.492 e. The molecule has 2 unspecified atom stereocenters. The van der Waals surface area contributed by atoms with E-state index in [0.29, 0.717) is 31.7 Å². The Morgan fingerprint density at radius 1 is 1.23 bits per heavy atom. The van der Waals surface area contributed by atoms with Crippen molar-refractivity contribution in [2.75, 3.05) is 13.2 Å². The Bertz CT molecular complexity index is 739. The smallest absolute Gasteiger partial charge is 0.318 e. The fourth-order valence-corrected chi connectivity index (χ4v) is 3.26. The summed E-state index contributed by atoms with van der Waals surface area (Å²) in [4.78, 5) is 14.5. The van der Waals surface area contributed by atoms with Crippen molar-refractivity contribution >= 4 is 6.03 Å². The van der Waals surface area contributed by atoms with E-state index in [1.54, 1.807) is 0 Å². The molecule has 0 aliphatic heterocycles. The zero-order valence-corrected chi connectivity index (χ0v) is 15.2. The van der Waals surface area contributed by atoms with Gasteiger partial charge in [-0.3, -0.25) is 0 Å². The van der Waals surface area contributed by atoms with Crippen molar-refractivity contribution in [3.8, 4) is 5.75 Å². The highest BCUT2D eigenvalue weighted by atomic mass is 16.5. The molecule has 0 bridgehead atoms. The van der Waals surface area contributed by atoms with Crippen molar-refractivity contribution in [3.05, 3.63) is 54.0 Å². The number of hydrogen-bond acceptors (Lipinski definition) is 3. The lowest BCUT2D eigenvalue weighted by molar-refractivity contribution is 0.183. The number of para-hydroxylation sites is 1. The van der Waals surface area contributed by atoms with Crippen molar-refractivity contribution in [2.24, 2.45) is 5.92 Å². The third-order valence-electron chi connectivity index (χ3n) is 5.12. The highest BCUT2D eigenvalue weighted by molar-refractivity contribution is 5.74. The quantitative estimate of drug-likeness (QED) is 0.724. The molecule has 2 atom stereocenters. The molecule has 5 nitrogen and oxygen atoms in total. The van der Waals surface area contributed by atoms with Crippen molar-refractivity contribution in [1.82, 2.24) is 10.2 Å². The number of urea groups is 1. The number of ether oxygens (including phenoxy) is 1. The third-order valence-corrected chi connectivity index (χ3v) is 5.12. The van der Waals surface area contributed by atoms with E-state index < -0.39 is 0 Å². The summed E-state index contributed by atoms with van der Waals surface area (Å²) in [7, 11) is 0. The molecule has 2 saturated carbocycles. The molecular formula is C21H26N2O3. The number of carbonyl (C=O) groups excluding carboxylic acids is 1. The number of nitrogens with zero attached hydrogens (tertiary/aromatic N) is 1. The summed E-state index contributed by atoms with van der Waals surface area (Å²) in [6, 6.07) is 14.0. The van der Waals surface area contributed by atoms with Gasteiger partial charge >= 0.3 is 6.03 Å². The van der Waals surface area contributed by atoms with E-state index in [-0.39, 0.29) is 6.03 Å². The zero-order chi connectivity index (χ0) is 17.9. The molecule has 138 valence electrons. The molecule has 26 heavy (non-hydrogen) atoms. The van der Waals surface area contributed by atoms with Crippen LogP contribution in [0.15, 0.2) is 46.9 Å². The van der Waals surface area contributed by atoms with E-state index in [1.807, 2.05) is 41.3 Å². The molecule has 2 aliphatic rings. The van der Waals surface area contributed by atoms with Crippen molar-refractivity contribution in [3.63, 3.8) is 0 Å². The summed E-state index contributed by atoms with van der Waals surface area (Å²) >= 11 is 0. The largest absolute Gasteiger partial charge is 0.492 e. The Morgan fingerprint density at radius 2 is 2.00 bits per heavy atom. The molecule has 2 fully saturated rings. The molecule has 0 radical (unpaired) electrons. The lowest BCUT2D eigenvalue weighted by Crippen LogP contribution is -2.42. The second kappa shape index (κ2) is 7.44. The van der Waals surface area contributed by atoms with E-state index in [4.69, 9.17) is 9.15 Å². The Balaban J connectivity index is 1.26. The maximum atomic E-state index is 12.6. The van der Waals surface area contributed by atoms with E-state index in [0.717, 1.165) is 36.0 Å². The first-order chi connectivity index (χ1) is 12.7. The van der Waals surface area contributed by atoms with Crippen LogP contribution in [-0.4, -0.2) is 30.1 Å². The Kier molecular flexibility index (Phi) is 4.87. The van der Waals surface area contributed by atoms with Gasteiger partial charge in [-0.15, -0.1) is 0 Å².